The van der Waals surface area contributed by atoms with Crippen LogP contribution in [0.2, 0.25) is 0 Å². The van der Waals surface area contributed by atoms with Crippen LogP contribution in [0.4, 0.5) is 4.79 Å². The van der Waals surface area contributed by atoms with Crippen molar-refractivity contribution in [2.45, 2.75) is 41.5 Å². The summed E-state index contributed by atoms with van der Waals surface area (Å²) < 4.78 is 17.6. The molecule has 8 nitrogen and oxygen atoms in total. The average Bonchev–Trinajstić information content (AvgIpc) is 2.42. The molecule has 0 aromatic heterocycles. The number of amides is 1. The molecule has 22 heavy (non-hydrogen) atoms. The standard InChI is InChI=1S/2C6H15N.CH3NO2.H3NO2S/c2*1-4-7(5-2)6-3;2-1(3)4;1-4(2)3/h2*4-6H2,1-3H3;2H2,(H,3,4);4H,(H2,1,2,3). The number of nitrogens with two attached hydrogens (primary N) is 2. The van der Waals surface area contributed by atoms with Gasteiger partial charge in [0.2, 0.25) is 0 Å². The number of carboxylic acid groups (broad SMARTS) is 1. The molecule has 0 rings (SSSR count). The molecule has 0 aromatic carbocycles. The number of hydrogen-bond donors (Lipinski definition) is 4. The average molecular weight is 345 g/mol. The summed E-state index contributed by atoms with van der Waals surface area (Å²) in [5.74, 6) is 0. The SMILES string of the molecule is CCN(CC)CC.CCN(CC)CC.NC(=O)O.N[SH](=O)=O. The largest absolute Gasteiger partial charge is 0.465 e. The monoisotopic (exact) mass is 344 g/mol. The maximum atomic E-state index is 8.81. The van der Waals surface area contributed by atoms with Gasteiger partial charge in [0.25, 0.3) is 0 Å². The second kappa shape index (κ2) is 25.1. The first-order valence-electron chi connectivity index (χ1n) is 7.48. The molecule has 0 aliphatic carbocycles. The molecule has 0 saturated carbocycles. The Morgan fingerprint density at radius 3 is 0.909 bits per heavy atom. The maximum absolute atomic E-state index is 8.81. The van der Waals surface area contributed by atoms with Gasteiger partial charge >= 0.3 is 6.09 Å². The summed E-state index contributed by atoms with van der Waals surface area (Å²) in [4.78, 5) is 13.5. The minimum Gasteiger partial charge on any atom is -0.465 e. The van der Waals surface area contributed by atoms with Crippen molar-refractivity contribution in [3.8, 4) is 0 Å². The smallest absolute Gasteiger partial charge is 0.402 e. The predicted octanol–water partition coefficient (Wildman–Crippen LogP) is 0.791. The van der Waals surface area contributed by atoms with Crippen LogP contribution in [0.3, 0.4) is 0 Å². The molecule has 0 heterocycles. The van der Waals surface area contributed by atoms with Crippen LogP contribution in [0.5, 0.6) is 0 Å². The van der Waals surface area contributed by atoms with Gasteiger partial charge in [-0.05, 0) is 39.3 Å². The van der Waals surface area contributed by atoms with Gasteiger partial charge in [-0.3, -0.25) is 0 Å². The van der Waals surface area contributed by atoms with Crippen LogP contribution in [0, 0.1) is 0 Å². The highest BCUT2D eigenvalue weighted by Crippen LogP contribution is 1.82. The van der Waals surface area contributed by atoms with E-state index in [2.05, 4.69) is 62.2 Å². The van der Waals surface area contributed by atoms with Crippen LogP contribution < -0.4 is 10.9 Å². The third-order valence-corrected chi connectivity index (χ3v) is 2.68. The molecular formula is C13H36N4O4S. The lowest BCUT2D eigenvalue weighted by Gasteiger charge is -2.13. The molecule has 9 heteroatoms. The minimum absolute atomic E-state index is 1.19. The van der Waals surface area contributed by atoms with E-state index in [1.807, 2.05) is 0 Å². The van der Waals surface area contributed by atoms with Crippen molar-refractivity contribution < 1.29 is 18.3 Å². The molecule has 138 valence electrons. The Bertz CT molecular complexity index is 246. The Kier molecular flexibility index (Phi) is 33.2. The Morgan fingerprint density at radius 2 is 0.909 bits per heavy atom. The number of nitrogens with zero attached hydrogens (tertiary/aromatic N) is 2. The van der Waals surface area contributed by atoms with Gasteiger partial charge in [0.15, 0.2) is 10.9 Å². The summed E-state index contributed by atoms with van der Waals surface area (Å²) >= 11 is 0. The summed E-state index contributed by atoms with van der Waals surface area (Å²) in [6.07, 6.45) is -1.33. The third kappa shape index (κ3) is 50.8. The van der Waals surface area contributed by atoms with Crippen molar-refractivity contribution in [2.75, 3.05) is 39.3 Å². The highest BCUT2D eigenvalue weighted by Gasteiger charge is 1.89. The van der Waals surface area contributed by atoms with Crippen LogP contribution in [0.15, 0.2) is 0 Å². The fourth-order valence-electron chi connectivity index (χ4n) is 1.34. The molecule has 5 N–H and O–H groups in total. The van der Waals surface area contributed by atoms with Gasteiger partial charge in [0.05, 0.1) is 0 Å². The van der Waals surface area contributed by atoms with Gasteiger partial charge < -0.3 is 20.6 Å². The summed E-state index contributed by atoms with van der Waals surface area (Å²) in [5.41, 5.74) is 4.03. The summed E-state index contributed by atoms with van der Waals surface area (Å²) in [7, 11) is -2.62. The van der Waals surface area contributed by atoms with Crippen LogP contribution in [-0.4, -0.2) is 68.7 Å². The highest BCUT2D eigenvalue weighted by molar-refractivity contribution is 7.69. The zero-order valence-electron chi connectivity index (χ0n) is 14.9. The molecule has 0 bridgehead atoms. The minimum atomic E-state index is -2.62. The molecule has 0 unspecified atom stereocenters. The van der Waals surface area contributed by atoms with Gasteiger partial charge in [-0.2, -0.15) is 0 Å². The van der Waals surface area contributed by atoms with E-state index in [-0.39, 0.29) is 0 Å². The van der Waals surface area contributed by atoms with Crippen LogP contribution in [0.25, 0.3) is 0 Å². The molecule has 0 atom stereocenters. The van der Waals surface area contributed by atoms with Gasteiger partial charge in [0, 0.05) is 0 Å². The lowest BCUT2D eigenvalue weighted by molar-refractivity contribution is 0.205. The van der Waals surface area contributed by atoms with Crippen LogP contribution in [0.1, 0.15) is 41.5 Å². The number of thiol groups is 1. The normalized spacial score (nSPS) is 9.18. The van der Waals surface area contributed by atoms with Gasteiger partial charge in [0.1, 0.15) is 0 Å². The van der Waals surface area contributed by atoms with E-state index in [1.54, 1.807) is 0 Å². The molecule has 0 aliphatic heterocycles. The van der Waals surface area contributed by atoms with Gasteiger partial charge in [-0.1, -0.05) is 41.5 Å². The quantitative estimate of drug-likeness (QED) is 0.527. The molecule has 0 spiro atoms. The first-order chi connectivity index (χ1) is 10.2. The lowest BCUT2D eigenvalue weighted by Crippen LogP contribution is -2.21. The van der Waals surface area contributed by atoms with Crippen molar-refractivity contribution >= 4 is 17.0 Å². The number of carbonyl (C=O) groups is 1. The molecule has 0 fully saturated rings. The van der Waals surface area contributed by atoms with Crippen molar-refractivity contribution in [3.05, 3.63) is 0 Å². The first kappa shape index (κ1) is 29.2. The topological polar surface area (TPSA) is 130 Å². The van der Waals surface area contributed by atoms with E-state index >= 15 is 0 Å². The van der Waals surface area contributed by atoms with E-state index in [0.29, 0.717) is 0 Å². The van der Waals surface area contributed by atoms with E-state index in [4.69, 9.17) is 18.3 Å². The second-order valence-corrected chi connectivity index (χ2v) is 4.43. The number of hydrogen-bond acceptors (Lipinski definition) is 5. The van der Waals surface area contributed by atoms with Crippen LogP contribution >= 0.6 is 0 Å². The zero-order valence-corrected chi connectivity index (χ0v) is 15.8. The van der Waals surface area contributed by atoms with E-state index < -0.39 is 17.0 Å². The Balaban J connectivity index is -0.000000102. The van der Waals surface area contributed by atoms with E-state index in [0.717, 1.165) is 0 Å². The zero-order chi connectivity index (χ0) is 18.6. The Labute approximate surface area is 137 Å². The van der Waals surface area contributed by atoms with Crippen molar-refractivity contribution in [3.63, 3.8) is 0 Å². The first-order valence-corrected chi connectivity index (χ1v) is 8.73. The molecule has 0 aromatic rings. The molecule has 0 radical (unpaired) electrons. The Hall–Kier alpha value is -0.900. The van der Waals surface area contributed by atoms with Crippen molar-refractivity contribution in [1.29, 1.82) is 0 Å². The Morgan fingerprint density at radius 1 is 0.818 bits per heavy atom. The highest BCUT2D eigenvalue weighted by atomic mass is 32.2. The summed E-state index contributed by atoms with van der Waals surface area (Å²) in [5, 5.41) is 11.3. The fourth-order valence-corrected chi connectivity index (χ4v) is 1.34. The summed E-state index contributed by atoms with van der Waals surface area (Å²) in [6.45, 7) is 20.2. The van der Waals surface area contributed by atoms with E-state index in [1.165, 1.54) is 39.3 Å². The van der Waals surface area contributed by atoms with Gasteiger partial charge in [-0.25, -0.2) is 18.4 Å². The molecule has 1 amide bonds. The molecule has 0 saturated heterocycles. The number of rotatable bonds is 6. The predicted molar refractivity (Wildman–Crippen MR) is 93.6 cm³/mol. The van der Waals surface area contributed by atoms with Crippen molar-refractivity contribution in [2.24, 2.45) is 10.9 Å². The lowest BCUT2D eigenvalue weighted by atomic mass is 10.5. The van der Waals surface area contributed by atoms with Gasteiger partial charge in [-0.15, -0.1) is 0 Å². The molecule has 0 aliphatic rings. The number of primary amides is 1. The maximum Gasteiger partial charge on any atom is 0.402 e. The van der Waals surface area contributed by atoms with Crippen molar-refractivity contribution in [1.82, 2.24) is 9.80 Å². The molecular weight excluding hydrogens is 308 g/mol. The van der Waals surface area contributed by atoms with Crippen LogP contribution in [-0.2, 0) is 10.9 Å². The summed E-state index contributed by atoms with van der Waals surface area (Å²) in [6, 6.07) is 0. The third-order valence-electron chi connectivity index (χ3n) is 2.68. The van der Waals surface area contributed by atoms with E-state index in [9.17, 15) is 0 Å². The fraction of sp³-hybridized carbons (Fsp3) is 0.923. The second-order valence-electron chi connectivity index (χ2n) is 3.86.